The lowest BCUT2D eigenvalue weighted by molar-refractivity contribution is 0.413. The van der Waals surface area contributed by atoms with Crippen molar-refractivity contribution in [2.45, 2.75) is 11.8 Å². The molecule has 9 nitrogen and oxygen atoms in total. The fraction of sp³-hybridized carbons (Fsp3) is 0.235. The van der Waals surface area contributed by atoms with Crippen LogP contribution in [0.5, 0.6) is 5.75 Å². The third kappa shape index (κ3) is 4.80. The molecule has 0 aliphatic heterocycles. The van der Waals surface area contributed by atoms with Gasteiger partial charge >= 0.3 is 0 Å². The van der Waals surface area contributed by atoms with Gasteiger partial charge in [0.15, 0.2) is 5.82 Å². The average Bonchev–Trinajstić information content (AvgIpc) is 3.20. The molecule has 0 radical (unpaired) electrons. The van der Waals surface area contributed by atoms with E-state index in [2.05, 4.69) is 25.1 Å². The smallest absolute Gasteiger partial charge is 0.240 e. The second kappa shape index (κ2) is 8.14. The highest BCUT2D eigenvalue weighted by atomic mass is 32.2. The van der Waals surface area contributed by atoms with Crippen molar-refractivity contribution in [2.24, 2.45) is 0 Å². The van der Waals surface area contributed by atoms with Crippen LogP contribution in [0, 0.1) is 6.92 Å². The Bertz CT molecular complexity index is 1010. The lowest BCUT2D eigenvalue weighted by atomic mass is 10.3. The first-order valence-corrected chi connectivity index (χ1v) is 9.69. The van der Waals surface area contributed by atoms with Crippen molar-refractivity contribution in [3.05, 3.63) is 54.6 Å². The number of aromatic nitrogens is 4. The van der Waals surface area contributed by atoms with Crippen LogP contribution in [0.25, 0.3) is 5.82 Å². The number of nitrogens with zero attached hydrogens (tertiary/aromatic N) is 4. The highest BCUT2D eigenvalue weighted by molar-refractivity contribution is 7.89. The summed E-state index contributed by atoms with van der Waals surface area (Å²) in [7, 11) is -2.13. The second-order valence-electron chi connectivity index (χ2n) is 5.61. The maximum Gasteiger partial charge on any atom is 0.240 e. The Hall–Kier alpha value is -2.98. The van der Waals surface area contributed by atoms with Gasteiger partial charge < -0.3 is 10.1 Å². The number of methoxy groups -OCH3 is 1. The van der Waals surface area contributed by atoms with Gasteiger partial charge in [-0.3, -0.25) is 0 Å². The number of sulfonamides is 1. The number of anilines is 1. The van der Waals surface area contributed by atoms with Crippen LogP contribution in [0.4, 0.5) is 5.82 Å². The van der Waals surface area contributed by atoms with Crippen molar-refractivity contribution >= 4 is 15.8 Å². The van der Waals surface area contributed by atoms with Crippen LogP contribution in [0.3, 0.4) is 0 Å². The highest BCUT2D eigenvalue weighted by Crippen LogP contribution is 2.16. The predicted octanol–water partition coefficient (Wildman–Crippen LogP) is 1.37. The predicted molar refractivity (Wildman–Crippen MR) is 101 cm³/mol. The van der Waals surface area contributed by atoms with E-state index in [4.69, 9.17) is 4.74 Å². The quantitative estimate of drug-likeness (QED) is 0.561. The Balaban J connectivity index is 1.60. The van der Waals surface area contributed by atoms with E-state index in [1.165, 1.54) is 19.2 Å². The van der Waals surface area contributed by atoms with E-state index < -0.39 is 10.0 Å². The molecule has 0 amide bonds. The van der Waals surface area contributed by atoms with Crippen LogP contribution in [0.15, 0.2) is 53.7 Å². The minimum atomic E-state index is -3.62. The molecule has 0 aliphatic carbocycles. The zero-order valence-electron chi connectivity index (χ0n) is 15.0. The lowest BCUT2D eigenvalue weighted by Gasteiger charge is -2.10. The summed E-state index contributed by atoms with van der Waals surface area (Å²) < 4.78 is 33.9. The largest absolute Gasteiger partial charge is 0.497 e. The van der Waals surface area contributed by atoms with Gasteiger partial charge in [0.2, 0.25) is 10.0 Å². The van der Waals surface area contributed by atoms with Gasteiger partial charge in [0.05, 0.1) is 12.0 Å². The molecule has 0 saturated carbocycles. The van der Waals surface area contributed by atoms with Crippen LogP contribution in [0.2, 0.25) is 0 Å². The topological polar surface area (TPSA) is 111 Å². The van der Waals surface area contributed by atoms with Crippen LogP contribution in [-0.2, 0) is 10.0 Å². The van der Waals surface area contributed by atoms with Gasteiger partial charge in [-0.25, -0.2) is 27.8 Å². The third-order valence-corrected chi connectivity index (χ3v) is 5.10. The Morgan fingerprint density at radius 2 is 2.00 bits per heavy atom. The monoisotopic (exact) mass is 388 g/mol. The molecule has 27 heavy (non-hydrogen) atoms. The van der Waals surface area contributed by atoms with E-state index in [1.807, 2.05) is 0 Å². The molecule has 0 atom stereocenters. The highest BCUT2D eigenvalue weighted by Gasteiger charge is 2.14. The molecule has 10 heteroatoms. The van der Waals surface area contributed by atoms with Crippen LogP contribution < -0.4 is 14.8 Å². The molecule has 2 aromatic heterocycles. The Kier molecular flexibility index (Phi) is 5.67. The molecule has 2 N–H and O–H groups in total. The van der Waals surface area contributed by atoms with Gasteiger partial charge in [-0.1, -0.05) is 6.07 Å². The minimum absolute atomic E-state index is 0.153. The molecule has 3 rings (SSSR count). The van der Waals surface area contributed by atoms with Gasteiger partial charge in [0.25, 0.3) is 0 Å². The van der Waals surface area contributed by atoms with E-state index in [1.54, 1.807) is 48.3 Å². The SMILES string of the molecule is COc1cccc(S(=O)(=O)NCCNc2cc(-n3cccn3)nc(C)n2)c1. The first-order chi connectivity index (χ1) is 13.0. The summed E-state index contributed by atoms with van der Waals surface area (Å²) in [6.07, 6.45) is 3.45. The summed E-state index contributed by atoms with van der Waals surface area (Å²) >= 11 is 0. The summed E-state index contributed by atoms with van der Waals surface area (Å²) in [6.45, 7) is 2.33. The zero-order valence-corrected chi connectivity index (χ0v) is 15.8. The summed E-state index contributed by atoms with van der Waals surface area (Å²) in [6, 6.07) is 9.86. The van der Waals surface area contributed by atoms with E-state index in [0.29, 0.717) is 29.8 Å². The van der Waals surface area contributed by atoms with Crippen LogP contribution in [0.1, 0.15) is 5.82 Å². The number of rotatable bonds is 8. The van der Waals surface area contributed by atoms with Crippen molar-refractivity contribution in [3.63, 3.8) is 0 Å². The number of nitrogens with one attached hydrogen (secondary N) is 2. The van der Waals surface area contributed by atoms with E-state index in [0.717, 1.165) is 0 Å². The number of hydrogen-bond acceptors (Lipinski definition) is 7. The summed E-state index contributed by atoms with van der Waals surface area (Å²) in [4.78, 5) is 8.78. The first kappa shape index (κ1) is 18.8. The van der Waals surface area contributed by atoms with Crippen molar-refractivity contribution in [1.82, 2.24) is 24.5 Å². The van der Waals surface area contributed by atoms with Gasteiger partial charge in [-0.05, 0) is 25.1 Å². The second-order valence-corrected chi connectivity index (χ2v) is 7.38. The van der Waals surface area contributed by atoms with Gasteiger partial charge in [0.1, 0.15) is 17.4 Å². The van der Waals surface area contributed by atoms with Crippen molar-refractivity contribution < 1.29 is 13.2 Å². The standard InChI is InChI=1S/C17H20N6O3S/c1-13-21-16(12-17(22-13)23-10-4-7-19-23)18-8-9-20-27(24,25)15-6-3-5-14(11-15)26-2/h3-7,10-12,20H,8-9H2,1-2H3,(H,18,21,22). The van der Waals surface area contributed by atoms with E-state index in [-0.39, 0.29) is 11.4 Å². The molecule has 2 heterocycles. The molecular formula is C17H20N6O3S. The molecule has 1 aromatic carbocycles. The molecule has 0 unspecified atom stereocenters. The number of hydrogen-bond donors (Lipinski definition) is 2. The number of ether oxygens (including phenoxy) is 1. The van der Waals surface area contributed by atoms with Crippen molar-refractivity contribution in [1.29, 1.82) is 0 Å². The molecule has 142 valence electrons. The number of benzene rings is 1. The Morgan fingerprint density at radius 3 is 2.74 bits per heavy atom. The van der Waals surface area contributed by atoms with E-state index >= 15 is 0 Å². The third-order valence-electron chi connectivity index (χ3n) is 3.64. The number of aryl methyl sites for hydroxylation is 1. The minimum Gasteiger partial charge on any atom is -0.497 e. The van der Waals surface area contributed by atoms with Crippen LogP contribution >= 0.6 is 0 Å². The summed E-state index contributed by atoms with van der Waals surface area (Å²) in [5.74, 6) is 2.29. The normalized spacial score (nSPS) is 11.3. The Morgan fingerprint density at radius 1 is 1.15 bits per heavy atom. The summed E-state index contributed by atoms with van der Waals surface area (Å²) in [5, 5.41) is 7.23. The lowest BCUT2D eigenvalue weighted by Crippen LogP contribution is -2.29. The zero-order chi connectivity index (χ0) is 19.3. The fourth-order valence-corrected chi connectivity index (χ4v) is 3.46. The fourth-order valence-electron chi connectivity index (χ4n) is 2.39. The first-order valence-electron chi connectivity index (χ1n) is 8.21. The molecule has 0 aliphatic rings. The molecule has 0 saturated heterocycles. The van der Waals surface area contributed by atoms with Gasteiger partial charge in [0, 0.05) is 37.6 Å². The molecule has 0 fully saturated rings. The van der Waals surface area contributed by atoms with Gasteiger partial charge in [-0.15, -0.1) is 0 Å². The van der Waals surface area contributed by atoms with E-state index in [9.17, 15) is 8.42 Å². The molecule has 3 aromatic rings. The average molecular weight is 388 g/mol. The molecule has 0 spiro atoms. The Labute approximate surface area is 157 Å². The van der Waals surface area contributed by atoms with Crippen LogP contribution in [-0.4, -0.2) is 48.4 Å². The maximum atomic E-state index is 12.3. The molecule has 0 bridgehead atoms. The van der Waals surface area contributed by atoms with Crippen molar-refractivity contribution in [3.8, 4) is 11.6 Å². The van der Waals surface area contributed by atoms with Crippen molar-refractivity contribution in [2.75, 3.05) is 25.5 Å². The maximum absolute atomic E-state index is 12.3. The summed E-state index contributed by atoms with van der Waals surface area (Å²) in [5.41, 5.74) is 0. The molecular weight excluding hydrogens is 368 g/mol. The van der Waals surface area contributed by atoms with Gasteiger partial charge in [-0.2, -0.15) is 5.10 Å².